The number of hydrogen-bond donors (Lipinski definition) is 2. The first kappa shape index (κ1) is 14.4. The summed E-state index contributed by atoms with van der Waals surface area (Å²) in [6, 6.07) is 4.16. The van der Waals surface area contributed by atoms with Gasteiger partial charge in [0.2, 0.25) is 0 Å². The zero-order valence-corrected chi connectivity index (χ0v) is 11.6. The number of phenols is 2. The highest BCUT2D eigenvalue weighted by Crippen LogP contribution is 2.28. The molecule has 0 heterocycles. The lowest BCUT2D eigenvalue weighted by atomic mass is 9.87. The van der Waals surface area contributed by atoms with E-state index in [9.17, 15) is 15.0 Å². The van der Waals surface area contributed by atoms with Gasteiger partial charge in [-0.15, -0.1) is 0 Å². The quantitative estimate of drug-likeness (QED) is 0.794. The molecule has 0 aliphatic carbocycles. The van der Waals surface area contributed by atoms with Gasteiger partial charge in [-0.2, -0.15) is 0 Å². The average Bonchev–Trinajstić information content (AvgIpc) is 2.28. The molecule has 0 aliphatic rings. The number of carbonyl (C=O) groups is 1. The minimum absolute atomic E-state index is 0.0244. The second-order valence-electron chi connectivity index (χ2n) is 5.66. The van der Waals surface area contributed by atoms with Crippen molar-refractivity contribution >= 4 is 5.91 Å². The highest BCUT2D eigenvalue weighted by molar-refractivity contribution is 5.95. The lowest BCUT2D eigenvalue weighted by Crippen LogP contribution is -2.42. The molecular weight excluding hydrogens is 230 g/mol. The predicted octanol–water partition coefficient (Wildman–Crippen LogP) is 2.60. The molecule has 4 heteroatoms. The number of benzene rings is 1. The van der Waals surface area contributed by atoms with Crippen LogP contribution >= 0.6 is 0 Å². The van der Waals surface area contributed by atoms with Crippen LogP contribution in [-0.2, 0) is 0 Å². The van der Waals surface area contributed by atoms with Gasteiger partial charge in [0.05, 0.1) is 0 Å². The Morgan fingerprint density at radius 2 is 1.78 bits per heavy atom. The molecule has 0 aromatic heterocycles. The van der Waals surface area contributed by atoms with Crippen LogP contribution in [0.25, 0.3) is 0 Å². The van der Waals surface area contributed by atoms with Crippen molar-refractivity contribution in [3.05, 3.63) is 23.8 Å². The smallest absolute Gasteiger partial charge is 0.253 e. The zero-order chi connectivity index (χ0) is 14.1. The molecule has 18 heavy (non-hydrogen) atoms. The third kappa shape index (κ3) is 2.94. The number of amides is 1. The fraction of sp³-hybridized carbons (Fsp3) is 0.500. The Kier molecular flexibility index (Phi) is 3.89. The van der Waals surface area contributed by atoms with E-state index in [0.29, 0.717) is 5.56 Å². The first-order chi connectivity index (χ1) is 8.14. The molecule has 1 aromatic rings. The number of nitrogens with zero attached hydrogens (tertiary/aromatic N) is 1. The third-order valence-corrected chi connectivity index (χ3v) is 3.38. The molecule has 0 spiro atoms. The molecule has 4 nitrogen and oxygen atoms in total. The van der Waals surface area contributed by atoms with Gasteiger partial charge in [-0.3, -0.25) is 4.79 Å². The summed E-state index contributed by atoms with van der Waals surface area (Å²) >= 11 is 0. The largest absolute Gasteiger partial charge is 0.504 e. The van der Waals surface area contributed by atoms with E-state index in [1.54, 1.807) is 11.9 Å². The molecule has 0 aliphatic heterocycles. The molecule has 0 fully saturated rings. The zero-order valence-electron chi connectivity index (χ0n) is 11.6. The van der Waals surface area contributed by atoms with Gasteiger partial charge in [0.1, 0.15) is 0 Å². The number of phenolic OH excluding ortho intramolecular Hbond substituents is 2. The maximum Gasteiger partial charge on any atom is 0.253 e. The molecule has 0 radical (unpaired) electrons. The van der Waals surface area contributed by atoms with Crippen LogP contribution in [0.3, 0.4) is 0 Å². The van der Waals surface area contributed by atoms with Crippen molar-refractivity contribution < 1.29 is 15.0 Å². The van der Waals surface area contributed by atoms with Gasteiger partial charge in [0.25, 0.3) is 5.91 Å². The minimum atomic E-state index is -0.280. The van der Waals surface area contributed by atoms with Crippen molar-refractivity contribution in [2.45, 2.75) is 33.7 Å². The monoisotopic (exact) mass is 251 g/mol. The fourth-order valence-corrected chi connectivity index (χ4v) is 1.62. The van der Waals surface area contributed by atoms with Gasteiger partial charge in [0, 0.05) is 18.7 Å². The normalized spacial score (nSPS) is 13.2. The van der Waals surface area contributed by atoms with E-state index >= 15 is 0 Å². The topological polar surface area (TPSA) is 60.8 Å². The van der Waals surface area contributed by atoms with Crippen molar-refractivity contribution in [1.82, 2.24) is 4.90 Å². The summed E-state index contributed by atoms with van der Waals surface area (Å²) in [6.07, 6.45) is 0. The summed E-state index contributed by atoms with van der Waals surface area (Å²) in [4.78, 5) is 13.9. The van der Waals surface area contributed by atoms with Crippen molar-refractivity contribution in [3.8, 4) is 11.5 Å². The lowest BCUT2D eigenvalue weighted by Gasteiger charge is -2.35. The van der Waals surface area contributed by atoms with E-state index < -0.39 is 0 Å². The Labute approximate surface area is 108 Å². The second-order valence-corrected chi connectivity index (χ2v) is 5.66. The summed E-state index contributed by atoms with van der Waals surface area (Å²) in [7, 11) is 1.74. The Hall–Kier alpha value is -1.71. The van der Waals surface area contributed by atoms with Crippen LogP contribution in [0.5, 0.6) is 11.5 Å². The fourth-order valence-electron chi connectivity index (χ4n) is 1.62. The summed E-state index contributed by atoms with van der Waals surface area (Å²) in [5.74, 6) is -0.677. The third-order valence-electron chi connectivity index (χ3n) is 3.38. The Morgan fingerprint density at radius 3 is 2.22 bits per heavy atom. The highest BCUT2D eigenvalue weighted by Gasteiger charge is 2.27. The van der Waals surface area contributed by atoms with E-state index in [2.05, 4.69) is 20.8 Å². The van der Waals surface area contributed by atoms with Gasteiger partial charge >= 0.3 is 0 Å². The molecule has 0 saturated carbocycles. The van der Waals surface area contributed by atoms with Crippen molar-refractivity contribution in [3.63, 3.8) is 0 Å². The molecule has 100 valence electrons. The first-order valence-corrected chi connectivity index (χ1v) is 5.93. The molecule has 1 atom stereocenters. The van der Waals surface area contributed by atoms with Crippen molar-refractivity contribution in [2.75, 3.05) is 7.05 Å². The van der Waals surface area contributed by atoms with Crippen LogP contribution in [-0.4, -0.2) is 34.1 Å². The van der Waals surface area contributed by atoms with Gasteiger partial charge in [-0.25, -0.2) is 0 Å². The molecule has 1 aromatic carbocycles. The van der Waals surface area contributed by atoms with E-state index in [0.717, 1.165) is 0 Å². The van der Waals surface area contributed by atoms with Crippen molar-refractivity contribution in [1.29, 1.82) is 0 Å². The Balaban J connectivity index is 2.97. The average molecular weight is 251 g/mol. The highest BCUT2D eigenvalue weighted by atomic mass is 16.3. The predicted molar refractivity (Wildman–Crippen MR) is 70.8 cm³/mol. The molecule has 2 N–H and O–H groups in total. The molecule has 1 unspecified atom stereocenters. The van der Waals surface area contributed by atoms with E-state index in [4.69, 9.17) is 0 Å². The van der Waals surface area contributed by atoms with Crippen molar-refractivity contribution in [2.24, 2.45) is 5.41 Å². The Bertz CT molecular complexity index is 449. The summed E-state index contributed by atoms with van der Waals surface area (Å²) in [6.45, 7) is 8.18. The Morgan fingerprint density at radius 1 is 1.22 bits per heavy atom. The summed E-state index contributed by atoms with van der Waals surface area (Å²) in [5.41, 5.74) is 0.340. The molecule has 0 bridgehead atoms. The standard InChI is InChI=1S/C14H21NO3/c1-9(14(2,3)4)15(5)13(18)10-6-7-11(16)12(17)8-10/h6-9,16-17H,1-5H3. The maximum atomic E-state index is 12.2. The van der Waals surface area contributed by atoms with Crippen LogP contribution in [0.2, 0.25) is 0 Å². The van der Waals surface area contributed by atoms with Gasteiger partial charge < -0.3 is 15.1 Å². The number of rotatable bonds is 2. The van der Waals surface area contributed by atoms with Crippen LogP contribution in [0, 0.1) is 5.41 Å². The van der Waals surface area contributed by atoms with Gasteiger partial charge in [0.15, 0.2) is 11.5 Å². The molecule has 1 rings (SSSR count). The van der Waals surface area contributed by atoms with Gasteiger partial charge in [-0.1, -0.05) is 20.8 Å². The SMILES string of the molecule is CC(N(C)C(=O)c1ccc(O)c(O)c1)C(C)(C)C. The van der Waals surface area contributed by atoms with E-state index in [-0.39, 0.29) is 28.9 Å². The first-order valence-electron chi connectivity index (χ1n) is 5.93. The molecule has 0 saturated heterocycles. The maximum absolute atomic E-state index is 12.2. The van der Waals surface area contributed by atoms with Crippen LogP contribution in [0.15, 0.2) is 18.2 Å². The molecular formula is C14H21NO3. The minimum Gasteiger partial charge on any atom is -0.504 e. The van der Waals surface area contributed by atoms with Crippen LogP contribution in [0.1, 0.15) is 38.1 Å². The van der Waals surface area contributed by atoms with E-state index in [1.807, 2.05) is 6.92 Å². The number of aromatic hydroxyl groups is 2. The number of carbonyl (C=O) groups excluding carboxylic acids is 1. The van der Waals surface area contributed by atoms with E-state index in [1.165, 1.54) is 18.2 Å². The second kappa shape index (κ2) is 4.88. The van der Waals surface area contributed by atoms with Crippen LogP contribution in [0.4, 0.5) is 0 Å². The lowest BCUT2D eigenvalue weighted by molar-refractivity contribution is 0.0629. The number of hydrogen-bond acceptors (Lipinski definition) is 3. The summed E-state index contributed by atoms with van der Waals surface area (Å²) < 4.78 is 0. The summed E-state index contributed by atoms with van der Waals surface area (Å²) in [5, 5.41) is 18.6. The van der Waals surface area contributed by atoms with Gasteiger partial charge in [-0.05, 0) is 30.5 Å². The molecule has 1 amide bonds. The van der Waals surface area contributed by atoms with Crippen LogP contribution < -0.4 is 0 Å².